The summed E-state index contributed by atoms with van der Waals surface area (Å²) < 4.78 is 10.2. The number of nitrogens with zero attached hydrogens (tertiary/aromatic N) is 1. The molecule has 0 aromatic carbocycles. The molecule has 38 heavy (non-hydrogen) atoms. The first-order valence-corrected chi connectivity index (χ1v) is 15.4. The van der Waals surface area contributed by atoms with Gasteiger partial charge in [0, 0.05) is 11.3 Å². The maximum Gasteiger partial charge on any atom is 0.418 e. The summed E-state index contributed by atoms with van der Waals surface area (Å²) in [5, 5.41) is 2.77. The van der Waals surface area contributed by atoms with Gasteiger partial charge in [0.25, 0.3) is 6.47 Å². The monoisotopic (exact) mass is 534 g/mol. The molecule has 3 amide bonds. The standard InChI is InChI=1S/C31H54N2O5/c1-5-6-7-8-9-10-11-12-13-14-15-16-17-20-26-21-18-19-24(2)28(26)29-27(22-38-23-34)25(3)32-30(35)33(29)31(36)37-4/h23-24,26,28-29H,5-22H2,1-4H3,(H,32,35). The third-order valence-electron chi connectivity index (χ3n) is 8.79. The molecule has 2 rings (SSSR count). The zero-order valence-electron chi connectivity index (χ0n) is 24.6. The number of imide groups is 1. The van der Waals surface area contributed by atoms with Crippen molar-refractivity contribution in [2.75, 3.05) is 13.7 Å². The molecule has 0 aromatic heterocycles. The third-order valence-corrected chi connectivity index (χ3v) is 8.79. The van der Waals surface area contributed by atoms with Crippen LogP contribution in [0.5, 0.6) is 0 Å². The number of rotatable bonds is 18. The van der Waals surface area contributed by atoms with E-state index in [-0.39, 0.29) is 12.5 Å². The number of ether oxygens (including phenoxy) is 2. The highest BCUT2D eigenvalue weighted by Crippen LogP contribution is 2.44. The van der Waals surface area contributed by atoms with Crippen molar-refractivity contribution in [2.24, 2.45) is 17.8 Å². The summed E-state index contributed by atoms with van der Waals surface area (Å²) in [6.07, 6.45) is 21.1. The molecule has 1 fully saturated rings. The molecule has 218 valence electrons. The molecule has 0 saturated heterocycles. The van der Waals surface area contributed by atoms with Gasteiger partial charge in [-0.1, -0.05) is 123 Å². The van der Waals surface area contributed by atoms with Gasteiger partial charge in [0.15, 0.2) is 0 Å². The number of hydrogen-bond donors (Lipinski definition) is 1. The summed E-state index contributed by atoms with van der Waals surface area (Å²) in [4.78, 5) is 37.9. The molecule has 2 aliphatic rings. The van der Waals surface area contributed by atoms with E-state index in [9.17, 15) is 14.4 Å². The van der Waals surface area contributed by atoms with Crippen molar-refractivity contribution < 1.29 is 23.9 Å². The predicted octanol–water partition coefficient (Wildman–Crippen LogP) is 8.13. The summed E-state index contributed by atoms with van der Waals surface area (Å²) in [7, 11) is 1.30. The first-order valence-electron chi connectivity index (χ1n) is 15.4. The molecule has 4 unspecified atom stereocenters. The highest BCUT2D eigenvalue weighted by Gasteiger charge is 2.47. The molecule has 0 radical (unpaired) electrons. The average molecular weight is 535 g/mol. The Bertz CT molecular complexity index is 753. The first kappa shape index (κ1) is 32.2. The summed E-state index contributed by atoms with van der Waals surface area (Å²) >= 11 is 0. The molecule has 1 aliphatic carbocycles. The second-order valence-corrected chi connectivity index (χ2v) is 11.5. The summed E-state index contributed by atoms with van der Waals surface area (Å²) in [6, 6.07) is -0.926. The number of unbranched alkanes of at least 4 members (excludes halogenated alkanes) is 12. The van der Waals surface area contributed by atoms with Gasteiger partial charge >= 0.3 is 12.1 Å². The van der Waals surface area contributed by atoms with E-state index in [1.807, 2.05) is 6.92 Å². The minimum absolute atomic E-state index is 0.0580. The van der Waals surface area contributed by atoms with Gasteiger partial charge in [0.2, 0.25) is 0 Å². The highest BCUT2D eigenvalue weighted by atomic mass is 16.5. The highest BCUT2D eigenvalue weighted by molar-refractivity contribution is 5.93. The van der Waals surface area contributed by atoms with Crippen LogP contribution in [0.15, 0.2) is 11.3 Å². The Balaban J connectivity index is 1.90. The van der Waals surface area contributed by atoms with Gasteiger partial charge in [0.1, 0.15) is 6.61 Å². The number of carbonyl (C=O) groups is 3. The van der Waals surface area contributed by atoms with Crippen molar-refractivity contribution in [3.8, 4) is 0 Å². The number of allylic oxidation sites excluding steroid dienone is 1. The fourth-order valence-corrected chi connectivity index (χ4v) is 6.70. The molecule has 0 bridgehead atoms. The summed E-state index contributed by atoms with van der Waals surface area (Å²) in [5.41, 5.74) is 1.45. The maximum atomic E-state index is 12.9. The molecule has 1 saturated carbocycles. The fourth-order valence-electron chi connectivity index (χ4n) is 6.70. The quantitative estimate of drug-likeness (QED) is 0.142. The van der Waals surface area contributed by atoms with E-state index < -0.39 is 18.2 Å². The smallest absolute Gasteiger partial charge is 0.418 e. The van der Waals surface area contributed by atoms with Crippen LogP contribution in [0.25, 0.3) is 0 Å². The van der Waals surface area contributed by atoms with Gasteiger partial charge in [-0.3, -0.25) is 4.79 Å². The minimum Gasteiger partial charge on any atom is -0.463 e. The lowest BCUT2D eigenvalue weighted by molar-refractivity contribution is -0.128. The molecule has 7 heteroatoms. The van der Waals surface area contributed by atoms with E-state index in [2.05, 4.69) is 19.2 Å². The molecule has 0 spiro atoms. The van der Waals surface area contributed by atoms with Crippen LogP contribution in [0.4, 0.5) is 9.59 Å². The van der Waals surface area contributed by atoms with Crippen LogP contribution in [0.3, 0.4) is 0 Å². The number of hydrogen-bond acceptors (Lipinski definition) is 5. The van der Waals surface area contributed by atoms with E-state index in [1.165, 1.54) is 102 Å². The van der Waals surface area contributed by atoms with Gasteiger partial charge in [0.05, 0.1) is 13.2 Å². The van der Waals surface area contributed by atoms with Crippen LogP contribution in [0.2, 0.25) is 0 Å². The molecule has 1 N–H and O–H groups in total. The second kappa shape index (κ2) is 18.3. The zero-order valence-corrected chi connectivity index (χ0v) is 24.6. The molecular formula is C31H54N2O5. The predicted molar refractivity (Wildman–Crippen MR) is 152 cm³/mol. The second-order valence-electron chi connectivity index (χ2n) is 11.5. The molecule has 1 heterocycles. The molecular weight excluding hydrogens is 480 g/mol. The Labute approximate surface area is 231 Å². The lowest BCUT2D eigenvalue weighted by atomic mass is 9.65. The maximum absolute atomic E-state index is 12.9. The molecule has 0 aromatic rings. The fraction of sp³-hybridized carbons (Fsp3) is 0.839. The van der Waals surface area contributed by atoms with Gasteiger partial charge in [-0.25, -0.2) is 14.5 Å². The molecule has 4 atom stereocenters. The van der Waals surface area contributed by atoms with Crippen LogP contribution in [0.1, 0.15) is 130 Å². The number of carbonyl (C=O) groups excluding carboxylic acids is 3. The van der Waals surface area contributed by atoms with Gasteiger partial charge < -0.3 is 14.8 Å². The van der Waals surface area contributed by atoms with Crippen molar-refractivity contribution in [3.05, 3.63) is 11.3 Å². The lowest BCUT2D eigenvalue weighted by Crippen LogP contribution is -2.59. The van der Waals surface area contributed by atoms with Crippen molar-refractivity contribution in [1.82, 2.24) is 10.2 Å². The average Bonchev–Trinajstić information content (AvgIpc) is 2.90. The largest absolute Gasteiger partial charge is 0.463 e. The Kier molecular flexibility index (Phi) is 15.5. The van der Waals surface area contributed by atoms with E-state index in [0.29, 0.717) is 24.0 Å². The summed E-state index contributed by atoms with van der Waals surface area (Å²) in [5.74, 6) is 0.873. The number of urea groups is 1. The Hall–Kier alpha value is -2.05. The van der Waals surface area contributed by atoms with E-state index in [0.717, 1.165) is 24.8 Å². The summed E-state index contributed by atoms with van der Waals surface area (Å²) in [6.45, 7) is 6.80. The number of methoxy groups -OCH3 is 1. The first-order chi connectivity index (χ1) is 18.5. The Morgan fingerprint density at radius 3 is 2.11 bits per heavy atom. The van der Waals surface area contributed by atoms with Crippen molar-refractivity contribution in [2.45, 2.75) is 136 Å². The topological polar surface area (TPSA) is 84.9 Å². The van der Waals surface area contributed by atoms with Crippen molar-refractivity contribution >= 4 is 18.6 Å². The number of nitrogens with one attached hydrogen (secondary N) is 1. The van der Waals surface area contributed by atoms with Gasteiger partial charge in [-0.05, 0) is 24.7 Å². The number of amides is 3. The van der Waals surface area contributed by atoms with E-state index >= 15 is 0 Å². The van der Waals surface area contributed by atoms with E-state index in [1.54, 1.807) is 0 Å². The van der Waals surface area contributed by atoms with E-state index in [4.69, 9.17) is 9.47 Å². The lowest BCUT2D eigenvalue weighted by Gasteiger charge is -2.47. The normalized spacial score (nSPS) is 23.8. The Morgan fingerprint density at radius 1 is 0.974 bits per heavy atom. The molecule has 7 nitrogen and oxygen atoms in total. The third kappa shape index (κ3) is 9.92. The van der Waals surface area contributed by atoms with Crippen LogP contribution in [-0.2, 0) is 14.3 Å². The zero-order chi connectivity index (χ0) is 27.8. The van der Waals surface area contributed by atoms with Crippen LogP contribution in [-0.4, -0.2) is 43.3 Å². The van der Waals surface area contributed by atoms with Gasteiger partial charge in [-0.2, -0.15) is 0 Å². The SMILES string of the molecule is CCCCCCCCCCCCCCCC1CCCC(C)C1C1C(COC=O)=C(C)NC(=O)N1C(=O)OC. The van der Waals surface area contributed by atoms with Crippen LogP contribution >= 0.6 is 0 Å². The van der Waals surface area contributed by atoms with Crippen molar-refractivity contribution in [1.29, 1.82) is 0 Å². The van der Waals surface area contributed by atoms with Crippen LogP contribution < -0.4 is 5.32 Å². The van der Waals surface area contributed by atoms with Gasteiger partial charge in [-0.15, -0.1) is 0 Å². The minimum atomic E-state index is -0.666. The van der Waals surface area contributed by atoms with Crippen LogP contribution in [0, 0.1) is 17.8 Å². The Morgan fingerprint density at radius 2 is 1.55 bits per heavy atom. The molecule has 1 aliphatic heterocycles. The van der Waals surface area contributed by atoms with Crippen molar-refractivity contribution in [3.63, 3.8) is 0 Å².